The largest absolute Gasteiger partial charge is 0.471 e. The Morgan fingerprint density at radius 2 is 2.09 bits per heavy atom. The van der Waals surface area contributed by atoms with Gasteiger partial charge in [0.1, 0.15) is 11.5 Å². The van der Waals surface area contributed by atoms with Crippen molar-refractivity contribution in [2.24, 2.45) is 11.3 Å². The Bertz CT molecular complexity index is 926. The van der Waals surface area contributed by atoms with Gasteiger partial charge < -0.3 is 20.5 Å². The van der Waals surface area contributed by atoms with Crippen molar-refractivity contribution in [2.75, 3.05) is 6.54 Å². The molecular weight excluding hydrogens is 440 g/mol. The van der Waals surface area contributed by atoms with E-state index >= 15 is 0 Å². The maximum atomic E-state index is 13.3. The summed E-state index contributed by atoms with van der Waals surface area (Å²) in [5.41, 5.74) is 2.01. The minimum absolute atomic E-state index is 0.0565. The summed E-state index contributed by atoms with van der Waals surface area (Å²) in [6.07, 6.45) is 7.10. The predicted octanol–water partition coefficient (Wildman–Crippen LogP) is 4.08. The quantitative estimate of drug-likeness (QED) is 0.467. The number of aromatic nitrogens is 1. The van der Waals surface area contributed by atoms with Crippen LogP contribution in [0.1, 0.15) is 76.5 Å². The number of aliphatic hydroxyl groups excluding tert-OH is 1. The van der Waals surface area contributed by atoms with Crippen molar-refractivity contribution >= 4 is 5.91 Å². The first kappa shape index (κ1) is 25.0. The lowest BCUT2D eigenvalue weighted by Crippen LogP contribution is -2.52. The van der Waals surface area contributed by atoms with E-state index in [0.29, 0.717) is 12.3 Å². The van der Waals surface area contributed by atoms with Crippen LogP contribution in [0.4, 0.5) is 8.78 Å². The molecule has 2 heterocycles. The van der Waals surface area contributed by atoms with E-state index in [1.165, 1.54) is 0 Å². The van der Waals surface area contributed by atoms with Crippen LogP contribution in [0.3, 0.4) is 0 Å². The SMILES string of the molecule is C=CC[C@H](NC(=O)[C@H]1CC1(F)F)[C@H](O)CN[C@H]1CC2(CCC2)Oc2ncc(CC(C)(C)C)cc21. The van der Waals surface area contributed by atoms with Crippen LogP contribution in [0.15, 0.2) is 24.9 Å². The zero-order chi connectivity index (χ0) is 24.7. The van der Waals surface area contributed by atoms with Gasteiger partial charge in [-0.2, -0.15) is 0 Å². The first-order chi connectivity index (χ1) is 15.9. The average molecular weight is 478 g/mol. The third kappa shape index (κ3) is 5.60. The van der Waals surface area contributed by atoms with Gasteiger partial charge in [0, 0.05) is 37.2 Å². The summed E-state index contributed by atoms with van der Waals surface area (Å²) in [7, 11) is 0. The number of halogens is 2. The fourth-order valence-corrected chi connectivity index (χ4v) is 5.02. The number of nitrogens with zero attached hydrogens (tertiary/aromatic N) is 1. The van der Waals surface area contributed by atoms with Crippen LogP contribution < -0.4 is 15.4 Å². The Kier molecular flexibility index (Phi) is 6.77. The molecule has 1 spiro atoms. The molecule has 4 atom stereocenters. The van der Waals surface area contributed by atoms with Gasteiger partial charge in [-0.1, -0.05) is 26.8 Å². The van der Waals surface area contributed by atoms with E-state index in [1.807, 2.05) is 6.20 Å². The van der Waals surface area contributed by atoms with Crippen molar-refractivity contribution in [3.8, 4) is 5.88 Å². The second-order valence-corrected chi connectivity index (χ2v) is 11.5. The van der Waals surface area contributed by atoms with Crippen LogP contribution in [0.5, 0.6) is 5.88 Å². The number of alkyl halides is 2. The number of hydrogen-bond acceptors (Lipinski definition) is 5. The van der Waals surface area contributed by atoms with Gasteiger partial charge in [0.15, 0.2) is 0 Å². The van der Waals surface area contributed by atoms with Crippen molar-refractivity contribution in [1.82, 2.24) is 15.6 Å². The lowest BCUT2D eigenvalue weighted by Gasteiger charge is -2.47. The van der Waals surface area contributed by atoms with Gasteiger partial charge in [-0.25, -0.2) is 13.8 Å². The van der Waals surface area contributed by atoms with Crippen LogP contribution in [0.2, 0.25) is 0 Å². The first-order valence-electron chi connectivity index (χ1n) is 12.3. The Morgan fingerprint density at radius 1 is 1.38 bits per heavy atom. The first-order valence-corrected chi connectivity index (χ1v) is 12.3. The van der Waals surface area contributed by atoms with Gasteiger partial charge >= 0.3 is 0 Å². The zero-order valence-electron chi connectivity index (χ0n) is 20.4. The molecule has 1 aromatic heterocycles. The summed E-state index contributed by atoms with van der Waals surface area (Å²) in [5.74, 6) is -4.31. The molecule has 2 aliphatic carbocycles. The van der Waals surface area contributed by atoms with Gasteiger partial charge in [0.05, 0.1) is 12.1 Å². The van der Waals surface area contributed by atoms with Gasteiger partial charge in [0.25, 0.3) is 5.92 Å². The van der Waals surface area contributed by atoms with E-state index in [1.54, 1.807) is 6.08 Å². The van der Waals surface area contributed by atoms with Crippen molar-refractivity contribution in [1.29, 1.82) is 0 Å². The fraction of sp³-hybridized carbons (Fsp3) is 0.692. The molecule has 4 rings (SSSR count). The van der Waals surface area contributed by atoms with Crippen LogP contribution >= 0.6 is 0 Å². The highest BCUT2D eigenvalue weighted by Gasteiger charge is 2.61. The second kappa shape index (κ2) is 9.19. The molecule has 2 saturated carbocycles. The molecule has 2 fully saturated rings. The van der Waals surface area contributed by atoms with Crippen molar-refractivity contribution in [3.63, 3.8) is 0 Å². The van der Waals surface area contributed by atoms with E-state index in [4.69, 9.17) is 4.74 Å². The summed E-state index contributed by atoms with van der Waals surface area (Å²) in [6, 6.07) is 1.40. The molecule has 0 unspecified atom stereocenters. The maximum absolute atomic E-state index is 13.3. The van der Waals surface area contributed by atoms with Crippen molar-refractivity contribution in [2.45, 2.75) is 95.4 Å². The lowest BCUT2D eigenvalue weighted by atomic mass is 9.73. The van der Waals surface area contributed by atoms with E-state index < -0.39 is 36.3 Å². The molecule has 0 bridgehead atoms. The molecule has 1 amide bonds. The summed E-state index contributed by atoms with van der Waals surface area (Å²) in [6.45, 7) is 10.4. The van der Waals surface area contributed by atoms with E-state index in [-0.39, 0.29) is 23.6 Å². The van der Waals surface area contributed by atoms with E-state index in [2.05, 4.69) is 49.0 Å². The van der Waals surface area contributed by atoms with Crippen molar-refractivity contribution in [3.05, 3.63) is 36.0 Å². The number of fused-ring (bicyclic) bond motifs is 1. The molecule has 188 valence electrons. The van der Waals surface area contributed by atoms with E-state index in [0.717, 1.165) is 43.2 Å². The highest BCUT2D eigenvalue weighted by Crippen LogP contribution is 2.49. The number of carbonyl (C=O) groups is 1. The molecule has 6 nitrogen and oxygen atoms in total. The normalized spacial score (nSPS) is 25.9. The number of aliphatic hydroxyl groups is 1. The standard InChI is InChI=1S/C26H37F2N3O3/c1-5-7-19(31-22(33)18-12-26(18,27)28)21(32)15-29-20-13-25(8-6-9-25)34-23-17(20)10-16(14-30-23)11-24(2,3)4/h5,10,14,18-21,29,32H,1,6-9,11-13,15H2,2-4H3,(H,31,33)/t18-,19+,20+,21-/m1/s1. The topological polar surface area (TPSA) is 83.5 Å². The Hall–Kier alpha value is -2.06. The lowest BCUT2D eigenvalue weighted by molar-refractivity contribution is -0.126. The summed E-state index contributed by atoms with van der Waals surface area (Å²) in [5, 5.41) is 16.9. The fourth-order valence-electron chi connectivity index (χ4n) is 5.02. The highest BCUT2D eigenvalue weighted by atomic mass is 19.3. The smallest absolute Gasteiger partial charge is 0.260 e. The van der Waals surface area contributed by atoms with Gasteiger partial charge in [0.2, 0.25) is 11.8 Å². The third-order valence-corrected chi connectivity index (χ3v) is 7.13. The van der Waals surface area contributed by atoms with Gasteiger partial charge in [-0.05, 0) is 49.1 Å². The molecule has 3 N–H and O–H groups in total. The molecule has 1 aromatic rings. The number of rotatable bonds is 9. The van der Waals surface area contributed by atoms with Crippen LogP contribution in [-0.2, 0) is 11.2 Å². The minimum atomic E-state index is -2.94. The number of pyridine rings is 1. The Morgan fingerprint density at radius 3 is 2.65 bits per heavy atom. The van der Waals surface area contributed by atoms with Crippen molar-refractivity contribution < 1.29 is 23.4 Å². The molecule has 1 aliphatic heterocycles. The van der Waals surface area contributed by atoms with Crippen LogP contribution in [0, 0.1) is 11.3 Å². The van der Waals surface area contributed by atoms with Crippen LogP contribution in [-0.4, -0.2) is 46.2 Å². The average Bonchev–Trinajstić information content (AvgIpc) is 3.37. The number of nitrogens with one attached hydrogen (secondary N) is 2. The molecule has 0 aromatic carbocycles. The van der Waals surface area contributed by atoms with Gasteiger partial charge in [-0.3, -0.25) is 4.79 Å². The summed E-state index contributed by atoms with van der Waals surface area (Å²) < 4.78 is 32.9. The highest BCUT2D eigenvalue weighted by molar-refractivity contribution is 5.83. The molecular formula is C26H37F2N3O3. The number of ether oxygens (including phenoxy) is 1. The molecule has 8 heteroatoms. The van der Waals surface area contributed by atoms with E-state index in [9.17, 15) is 18.7 Å². The molecule has 3 aliphatic rings. The predicted molar refractivity (Wildman–Crippen MR) is 126 cm³/mol. The Labute approximate surface area is 200 Å². The summed E-state index contributed by atoms with van der Waals surface area (Å²) in [4.78, 5) is 16.8. The number of amides is 1. The minimum Gasteiger partial charge on any atom is -0.471 e. The number of carbonyl (C=O) groups excluding carboxylic acids is 1. The second-order valence-electron chi connectivity index (χ2n) is 11.5. The number of hydrogen-bond donors (Lipinski definition) is 3. The zero-order valence-corrected chi connectivity index (χ0v) is 20.4. The van der Waals surface area contributed by atoms with Gasteiger partial charge in [-0.15, -0.1) is 6.58 Å². The molecule has 0 saturated heterocycles. The third-order valence-electron chi connectivity index (χ3n) is 7.13. The molecule has 34 heavy (non-hydrogen) atoms. The summed E-state index contributed by atoms with van der Waals surface area (Å²) >= 11 is 0. The monoisotopic (exact) mass is 477 g/mol. The van der Waals surface area contributed by atoms with Crippen LogP contribution in [0.25, 0.3) is 0 Å². The maximum Gasteiger partial charge on any atom is 0.260 e. The Balaban J connectivity index is 1.45. The molecule has 0 radical (unpaired) electrons.